The molecule has 90 valence electrons. The predicted octanol–water partition coefficient (Wildman–Crippen LogP) is 1.59. The average molecular weight is 231 g/mol. The average Bonchev–Trinajstić information content (AvgIpc) is 2.70. The third-order valence-electron chi connectivity index (χ3n) is 2.60. The van der Waals surface area contributed by atoms with Crippen molar-refractivity contribution in [2.24, 2.45) is 0 Å². The van der Waals surface area contributed by atoms with E-state index in [4.69, 9.17) is 5.73 Å². The van der Waals surface area contributed by atoms with Gasteiger partial charge >= 0.3 is 0 Å². The van der Waals surface area contributed by atoms with Gasteiger partial charge in [0.1, 0.15) is 5.82 Å². The van der Waals surface area contributed by atoms with Crippen LogP contribution >= 0.6 is 0 Å². The Balaban J connectivity index is 1.92. The minimum Gasteiger partial charge on any atom is -0.396 e. The fourth-order valence-electron chi connectivity index (χ4n) is 1.59. The fraction of sp³-hybridized carbons (Fsp3) is 0.333. The molecule has 0 saturated heterocycles. The summed E-state index contributed by atoms with van der Waals surface area (Å²) < 4.78 is 1.90. The third kappa shape index (κ3) is 2.75. The molecule has 0 amide bonds. The van der Waals surface area contributed by atoms with Gasteiger partial charge in [-0.1, -0.05) is 0 Å². The summed E-state index contributed by atoms with van der Waals surface area (Å²) in [6.07, 6.45) is 5.61. The number of hydrogen-bond acceptors (Lipinski definition) is 4. The minimum atomic E-state index is 0.712. The first-order chi connectivity index (χ1) is 8.16. The highest BCUT2D eigenvalue weighted by Crippen LogP contribution is 2.18. The summed E-state index contributed by atoms with van der Waals surface area (Å²) in [7, 11) is 0. The molecule has 0 unspecified atom stereocenters. The Morgan fingerprint density at radius 2 is 2.24 bits per heavy atom. The standard InChI is InChI=1S/C12H17N5/c1-9-7-16-17(8-9)6-5-15-12-11(13)10(2)3-4-14-12/h3-4,7-8H,5-6,13H2,1-2H3,(H,14,15). The second-order valence-electron chi connectivity index (χ2n) is 4.10. The third-order valence-corrected chi connectivity index (χ3v) is 2.60. The maximum absolute atomic E-state index is 5.92. The van der Waals surface area contributed by atoms with E-state index in [1.807, 2.05) is 37.0 Å². The number of aryl methyl sites for hydroxylation is 2. The van der Waals surface area contributed by atoms with E-state index < -0.39 is 0 Å². The molecule has 2 aromatic heterocycles. The van der Waals surface area contributed by atoms with Crippen LogP contribution in [0.2, 0.25) is 0 Å². The smallest absolute Gasteiger partial charge is 0.149 e. The van der Waals surface area contributed by atoms with Gasteiger partial charge in [-0.3, -0.25) is 4.68 Å². The monoisotopic (exact) mass is 231 g/mol. The van der Waals surface area contributed by atoms with Crippen LogP contribution in [0.5, 0.6) is 0 Å². The largest absolute Gasteiger partial charge is 0.396 e. The lowest BCUT2D eigenvalue weighted by Crippen LogP contribution is -2.13. The van der Waals surface area contributed by atoms with Gasteiger partial charge in [-0.05, 0) is 31.0 Å². The van der Waals surface area contributed by atoms with Gasteiger partial charge in [0.15, 0.2) is 0 Å². The number of rotatable bonds is 4. The molecule has 0 aromatic carbocycles. The Hall–Kier alpha value is -2.04. The Morgan fingerprint density at radius 1 is 1.41 bits per heavy atom. The zero-order chi connectivity index (χ0) is 12.3. The highest BCUT2D eigenvalue weighted by molar-refractivity contribution is 5.64. The highest BCUT2D eigenvalue weighted by Gasteiger charge is 2.02. The van der Waals surface area contributed by atoms with Crippen molar-refractivity contribution in [1.82, 2.24) is 14.8 Å². The van der Waals surface area contributed by atoms with E-state index >= 15 is 0 Å². The quantitative estimate of drug-likeness (QED) is 0.838. The molecule has 2 aromatic rings. The first kappa shape index (κ1) is 11.4. The lowest BCUT2D eigenvalue weighted by molar-refractivity contribution is 0.637. The number of anilines is 2. The van der Waals surface area contributed by atoms with Crippen molar-refractivity contribution < 1.29 is 0 Å². The molecule has 2 rings (SSSR count). The van der Waals surface area contributed by atoms with E-state index in [2.05, 4.69) is 15.4 Å². The molecule has 0 aliphatic carbocycles. The Kier molecular flexibility index (Phi) is 3.27. The molecule has 3 N–H and O–H groups in total. The first-order valence-electron chi connectivity index (χ1n) is 5.61. The van der Waals surface area contributed by atoms with Crippen LogP contribution in [0.15, 0.2) is 24.7 Å². The van der Waals surface area contributed by atoms with Crippen LogP contribution in [0.3, 0.4) is 0 Å². The van der Waals surface area contributed by atoms with E-state index in [0.717, 1.165) is 30.0 Å². The van der Waals surface area contributed by atoms with Crippen molar-refractivity contribution in [2.45, 2.75) is 20.4 Å². The van der Waals surface area contributed by atoms with E-state index in [-0.39, 0.29) is 0 Å². The number of nitrogens with zero attached hydrogens (tertiary/aromatic N) is 3. The molecular weight excluding hydrogens is 214 g/mol. The summed E-state index contributed by atoms with van der Waals surface area (Å²) >= 11 is 0. The van der Waals surface area contributed by atoms with Gasteiger partial charge in [-0.15, -0.1) is 0 Å². The van der Waals surface area contributed by atoms with Crippen LogP contribution in [-0.4, -0.2) is 21.3 Å². The van der Waals surface area contributed by atoms with Crippen molar-refractivity contribution in [3.63, 3.8) is 0 Å². The van der Waals surface area contributed by atoms with E-state index in [1.54, 1.807) is 6.20 Å². The van der Waals surface area contributed by atoms with Gasteiger partial charge in [0.25, 0.3) is 0 Å². The molecule has 5 nitrogen and oxygen atoms in total. The number of nitrogen functional groups attached to an aromatic ring is 1. The molecule has 0 fully saturated rings. The molecule has 0 bridgehead atoms. The Morgan fingerprint density at radius 3 is 2.94 bits per heavy atom. The summed E-state index contributed by atoms with van der Waals surface area (Å²) in [6, 6.07) is 1.90. The normalized spacial score (nSPS) is 10.5. The number of aromatic nitrogens is 3. The van der Waals surface area contributed by atoms with Gasteiger partial charge < -0.3 is 11.1 Å². The lowest BCUT2D eigenvalue weighted by Gasteiger charge is -2.09. The summed E-state index contributed by atoms with van der Waals surface area (Å²) in [5.41, 5.74) is 8.84. The first-order valence-corrected chi connectivity index (χ1v) is 5.61. The molecule has 0 aliphatic rings. The minimum absolute atomic E-state index is 0.712. The van der Waals surface area contributed by atoms with Crippen molar-refractivity contribution in [2.75, 3.05) is 17.6 Å². The molecular formula is C12H17N5. The topological polar surface area (TPSA) is 68.8 Å². The van der Waals surface area contributed by atoms with E-state index in [0.29, 0.717) is 5.69 Å². The molecule has 0 saturated carbocycles. The summed E-state index contributed by atoms with van der Waals surface area (Å²) in [5, 5.41) is 7.43. The lowest BCUT2D eigenvalue weighted by atomic mass is 10.2. The van der Waals surface area contributed by atoms with Crippen LogP contribution < -0.4 is 11.1 Å². The fourth-order valence-corrected chi connectivity index (χ4v) is 1.59. The SMILES string of the molecule is Cc1cnn(CCNc2nccc(C)c2N)c1. The predicted molar refractivity (Wildman–Crippen MR) is 68.8 cm³/mol. The summed E-state index contributed by atoms with van der Waals surface area (Å²) in [5.74, 6) is 0.744. The molecule has 0 radical (unpaired) electrons. The van der Waals surface area contributed by atoms with Crippen LogP contribution in [0.1, 0.15) is 11.1 Å². The summed E-state index contributed by atoms with van der Waals surface area (Å²) in [6.45, 7) is 5.54. The molecule has 0 atom stereocenters. The van der Waals surface area contributed by atoms with E-state index in [9.17, 15) is 0 Å². The number of nitrogens with one attached hydrogen (secondary N) is 1. The zero-order valence-electron chi connectivity index (χ0n) is 10.1. The maximum atomic E-state index is 5.92. The number of hydrogen-bond donors (Lipinski definition) is 2. The van der Waals surface area contributed by atoms with Crippen molar-refractivity contribution in [3.05, 3.63) is 35.8 Å². The Bertz CT molecular complexity index is 503. The highest BCUT2D eigenvalue weighted by atomic mass is 15.3. The molecule has 5 heteroatoms. The van der Waals surface area contributed by atoms with Crippen LogP contribution in [0.4, 0.5) is 11.5 Å². The molecule has 2 heterocycles. The van der Waals surface area contributed by atoms with Gasteiger partial charge in [0.2, 0.25) is 0 Å². The second kappa shape index (κ2) is 4.86. The Labute approximate surface area is 101 Å². The van der Waals surface area contributed by atoms with Crippen molar-refractivity contribution >= 4 is 11.5 Å². The number of nitrogens with two attached hydrogens (primary N) is 1. The van der Waals surface area contributed by atoms with Crippen molar-refractivity contribution in [1.29, 1.82) is 0 Å². The molecule has 17 heavy (non-hydrogen) atoms. The molecule has 0 aliphatic heterocycles. The molecule has 0 spiro atoms. The second-order valence-corrected chi connectivity index (χ2v) is 4.10. The zero-order valence-corrected chi connectivity index (χ0v) is 10.1. The maximum Gasteiger partial charge on any atom is 0.149 e. The summed E-state index contributed by atoms with van der Waals surface area (Å²) in [4.78, 5) is 4.21. The van der Waals surface area contributed by atoms with Crippen LogP contribution in [0, 0.1) is 13.8 Å². The van der Waals surface area contributed by atoms with Gasteiger partial charge in [-0.2, -0.15) is 5.10 Å². The van der Waals surface area contributed by atoms with Crippen LogP contribution in [-0.2, 0) is 6.54 Å². The van der Waals surface area contributed by atoms with Gasteiger partial charge in [0.05, 0.1) is 18.4 Å². The van der Waals surface area contributed by atoms with Gasteiger partial charge in [-0.25, -0.2) is 4.98 Å². The van der Waals surface area contributed by atoms with Gasteiger partial charge in [0, 0.05) is 18.9 Å². The number of pyridine rings is 1. The van der Waals surface area contributed by atoms with Crippen LogP contribution in [0.25, 0.3) is 0 Å². The van der Waals surface area contributed by atoms with Crippen molar-refractivity contribution in [3.8, 4) is 0 Å². The van der Waals surface area contributed by atoms with E-state index in [1.165, 1.54) is 0 Å².